The molecule has 0 atom stereocenters. The average Bonchev–Trinajstić information content (AvgIpc) is 2.83. The number of benzene rings is 1. The van der Waals surface area contributed by atoms with Crippen molar-refractivity contribution in [2.24, 2.45) is 0 Å². The summed E-state index contributed by atoms with van der Waals surface area (Å²) in [5.41, 5.74) is 4.47. The van der Waals surface area contributed by atoms with Crippen molar-refractivity contribution < 1.29 is 9.90 Å². The lowest BCUT2D eigenvalue weighted by Crippen LogP contribution is -2.17. The van der Waals surface area contributed by atoms with Crippen LogP contribution < -0.4 is 5.56 Å². The molecule has 6 nitrogen and oxygen atoms in total. The van der Waals surface area contributed by atoms with Crippen LogP contribution in [0.4, 0.5) is 0 Å². The molecule has 2 aromatic heterocycles. The number of carboxylic acid groups (broad SMARTS) is 1. The van der Waals surface area contributed by atoms with Crippen LogP contribution in [0, 0.1) is 20.8 Å². The van der Waals surface area contributed by atoms with Crippen molar-refractivity contribution in [3.05, 3.63) is 57.0 Å². The zero-order valence-electron chi connectivity index (χ0n) is 13.9. The van der Waals surface area contributed by atoms with E-state index in [2.05, 4.69) is 10.1 Å². The number of fused-ring (bicyclic) bond motifs is 1. The summed E-state index contributed by atoms with van der Waals surface area (Å²) in [5, 5.41) is 14.3. The topological polar surface area (TPSA) is 88.0 Å². The fourth-order valence-corrected chi connectivity index (χ4v) is 3.08. The van der Waals surface area contributed by atoms with E-state index in [0.717, 1.165) is 27.9 Å². The minimum absolute atomic E-state index is 0.0690. The van der Waals surface area contributed by atoms with E-state index in [4.69, 9.17) is 5.11 Å². The van der Waals surface area contributed by atoms with E-state index in [1.165, 1.54) is 0 Å². The summed E-state index contributed by atoms with van der Waals surface area (Å²) in [5.74, 6) is -0.916. The number of H-pyrrole nitrogens is 1. The molecule has 3 rings (SSSR count). The predicted molar refractivity (Wildman–Crippen MR) is 91.9 cm³/mol. The number of hydrogen-bond acceptors (Lipinski definition) is 3. The molecule has 24 heavy (non-hydrogen) atoms. The number of nitrogens with zero attached hydrogens (tertiary/aromatic N) is 2. The maximum absolute atomic E-state index is 12.4. The van der Waals surface area contributed by atoms with E-state index in [1.54, 1.807) is 4.68 Å². The summed E-state index contributed by atoms with van der Waals surface area (Å²) >= 11 is 0. The van der Waals surface area contributed by atoms with E-state index in [9.17, 15) is 9.59 Å². The number of aromatic nitrogens is 3. The smallest absolute Gasteiger partial charge is 0.303 e. The molecule has 0 radical (unpaired) electrons. The SMILES string of the molecule is Cc1cccc(-n2nc(C)c3c(C)c(CCC(=O)O)c(=O)[nH]c32)c1. The third-order valence-corrected chi connectivity index (χ3v) is 4.23. The number of aromatic amines is 1. The highest BCUT2D eigenvalue weighted by molar-refractivity contribution is 5.84. The number of carbonyl (C=O) groups is 1. The Kier molecular flexibility index (Phi) is 3.97. The van der Waals surface area contributed by atoms with Crippen molar-refractivity contribution in [3.8, 4) is 5.69 Å². The molecule has 0 unspecified atom stereocenters. The van der Waals surface area contributed by atoms with E-state index in [1.807, 2.05) is 45.0 Å². The van der Waals surface area contributed by atoms with Gasteiger partial charge in [-0.3, -0.25) is 9.59 Å². The van der Waals surface area contributed by atoms with Crippen LogP contribution in [0.1, 0.15) is 28.8 Å². The molecule has 124 valence electrons. The Bertz CT molecular complexity index is 999. The van der Waals surface area contributed by atoms with E-state index < -0.39 is 5.97 Å². The van der Waals surface area contributed by atoms with E-state index in [-0.39, 0.29) is 18.4 Å². The van der Waals surface area contributed by atoms with Gasteiger partial charge in [0.2, 0.25) is 0 Å². The first-order valence-electron chi connectivity index (χ1n) is 7.78. The van der Waals surface area contributed by atoms with Crippen LogP contribution in [-0.2, 0) is 11.2 Å². The second-order valence-corrected chi connectivity index (χ2v) is 6.01. The second-order valence-electron chi connectivity index (χ2n) is 6.01. The molecular formula is C18H19N3O3. The molecule has 0 aliphatic rings. The molecule has 0 spiro atoms. The Hall–Kier alpha value is -2.89. The van der Waals surface area contributed by atoms with Gasteiger partial charge in [-0.15, -0.1) is 0 Å². The molecular weight excluding hydrogens is 306 g/mol. The third-order valence-electron chi connectivity index (χ3n) is 4.23. The minimum Gasteiger partial charge on any atom is -0.481 e. The van der Waals surface area contributed by atoms with Gasteiger partial charge >= 0.3 is 5.97 Å². The van der Waals surface area contributed by atoms with E-state index in [0.29, 0.717) is 11.2 Å². The van der Waals surface area contributed by atoms with Gasteiger partial charge in [0.25, 0.3) is 5.56 Å². The maximum Gasteiger partial charge on any atom is 0.303 e. The van der Waals surface area contributed by atoms with Gasteiger partial charge in [-0.25, -0.2) is 4.68 Å². The van der Waals surface area contributed by atoms with Crippen molar-refractivity contribution >= 4 is 17.0 Å². The van der Waals surface area contributed by atoms with Crippen molar-refractivity contribution in [1.29, 1.82) is 0 Å². The zero-order valence-corrected chi connectivity index (χ0v) is 13.9. The van der Waals surface area contributed by atoms with Crippen LogP contribution in [0.15, 0.2) is 29.1 Å². The highest BCUT2D eigenvalue weighted by Crippen LogP contribution is 2.24. The highest BCUT2D eigenvalue weighted by Gasteiger charge is 2.17. The average molecular weight is 325 g/mol. The predicted octanol–water partition coefficient (Wildman–Crippen LogP) is 2.66. The van der Waals surface area contributed by atoms with Gasteiger partial charge in [0, 0.05) is 17.4 Å². The quantitative estimate of drug-likeness (QED) is 0.772. The number of pyridine rings is 1. The van der Waals surface area contributed by atoms with Gasteiger partial charge in [0.05, 0.1) is 11.4 Å². The number of carboxylic acids is 1. The van der Waals surface area contributed by atoms with Gasteiger partial charge in [-0.1, -0.05) is 12.1 Å². The Morgan fingerprint density at radius 1 is 1.29 bits per heavy atom. The minimum atomic E-state index is -0.916. The normalized spacial score (nSPS) is 11.1. The largest absolute Gasteiger partial charge is 0.481 e. The van der Waals surface area contributed by atoms with Gasteiger partial charge in [-0.05, 0) is 50.5 Å². The lowest BCUT2D eigenvalue weighted by Gasteiger charge is -2.08. The van der Waals surface area contributed by atoms with Gasteiger partial charge in [-0.2, -0.15) is 5.10 Å². The molecule has 0 bridgehead atoms. The first kappa shape index (κ1) is 16.0. The van der Waals surface area contributed by atoms with E-state index >= 15 is 0 Å². The lowest BCUT2D eigenvalue weighted by atomic mass is 10.0. The number of nitrogens with one attached hydrogen (secondary N) is 1. The number of aryl methyl sites for hydroxylation is 3. The summed E-state index contributed by atoms with van der Waals surface area (Å²) in [7, 11) is 0. The Morgan fingerprint density at radius 2 is 2.04 bits per heavy atom. The fraction of sp³-hybridized carbons (Fsp3) is 0.278. The van der Waals surface area contributed by atoms with Crippen molar-refractivity contribution in [3.63, 3.8) is 0 Å². The Morgan fingerprint density at radius 3 is 2.71 bits per heavy atom. The van der Waals surface area contributed by atoms with Crippen LogP contribution in [0.5, 0.6) is 0 Å². The lowest BCUT2D eigenvalue weighted by molar-refractivity contribution is -0.136. The van der Waals surface area contributed by atoms with Crippen molar-refractivity contribution in [2.45, 2.75) is 33.6 Å². The van der Waals surface area contributed by atoms with Crippen LogP contribution in [0.25, 0.3) is 16.7 Å². The number of hydrogen-bond donors (Lipinski definition) is 2. The molecule has 0 fully saturated rings. The van der Waals surface area contributed by atoms with Crippen LogP contribution >= 0.6 is 0 Å². The summed E-state index contributed by atoms with van der Waals surface area (Å²) in [6, 6.07) is 7.88. The summed E-state index contributed by atoms with van der Waals surface area (Å²) < 4.78 is 1.73. The van der Waals surface area contributed by atoms with Crippen LogP contribution in [-0.4, -0.2) is 25.8 Å². The molecule has 1 aromatic carbocycles. The molecule has 0 saturated heterocycles. The van der Waals surface area contributed by atoms with Crippen molar-refractivity contribution in [1.82, 2.24) is 14.8 Å². The molecule has 6 heteroatoms. The zero-order chi connectivity index (χ0) is 17.4. The first-order valence-corrected chi connectivity index (χ1v) is 7.78. The summed E-state index contributed by atoms with van der Waals surface area (Å²) in [6.45, 7) is 5.74. The summed E-state index contributed by atoms with van der Waals surface area (Å²) in [4.78, 5) is 26.1. The standard InChI is InChI=1S/C18H19N3O3/c1-10-5-4-6-13(9-10)21-17-16(12(3)20-21)11(2)14(18(24)19-17)7-8-15(22)23/h4-6,9H,7-8H2,1-3H3,(H,19,24)(H,22,23). The maximum atomic E-state index is 12.4. The summed E-state index contributed by atoms with van der Waals surface area (Å²) in [6.07, 6.45) is 0.141. The van der Waals surface area contributed by atoms with Gasteiger partial charge in [0.15, 0.2) is 0 Å². The Labute approximate surface area is 138 Å². The molecule has 0 aliphatic carbocycles. The molecule has 0 saturated carbocycles. The van der Waals surface area contributed by atoms with Crippen LogP contribution in [0.2, 0.25) is 0 Å². The van der Waals surface area contributed by atoms with Crippen LogP contribution in [0.3, 0.4) is 0 Å². The van der Waals surface area contributed by atoms with Crippen molar-refractivity contribution in [2.75, 3.05) is 0 Å². The number of aliphatic carboxylic acids is 1. The Balaban J connectivity index is 2.23. The monoisotopic (exact) mass is 325 g/mol. The van der Waals surface area contributed by atoms with Gasteiger partial charge in [0.1, 0.15) is 5.65 Å². The molecule has 2 N–H and O–H groups in total. The molecule has 0 aliphatic heterocycles. The second kappa shape index (κ2) is 5.96. The fourth-order valence-electron chi connectivity index (χ4n) is 3.08. The first-order chi connectivity index (χ1) is 11.4. The third kappa shape index (κ3) is 2.71. The molecule has 0 amide bonds. The number of rotatable bonds is 4. The molecule has 2 heterocycles. The highest BCUT2D eigenvalue weighted by atomic mass is 16.4. The molecule has 3 aromatic rings. The van der Waals surface area contributed by atoms with Gasteiger partial charge < -0.3 is 10.1 Å².